The van der Waals surface area contributed by atoms with E-state index in [9.17, 15) is 9.18 Å². The van der Waals surface area contributed by atoms with Gasteiger partial charge in [-0.2, -0.15) is 0 Å². The van der Waals surface area contributed by atoms with E-state index in [4.69, 9.17) is 27.6 Å². The smallest absolute Gasteiger partial charge is 0.243 e. The topological polar surface area (TPSA) is 60.1 Å². The first-order valence-electron chi connectivity index (χ1n) is 9.33. The summed E-state index contributed by atoms with van der Waals surface area (Å²) in [6, 6.07) is 12.7. The highest BCUT2D eigenvalue weighted by Crippen LogP contribution is 2.31. The summed E-state index contributed by atoms with van der Waals surface area (Å²) < 4.78 is 21.3. The van der Waals surface area contributed by atoms with Crippen LogP contribution < -0.4 is 5.32 Å². The number of hydrogen-bond donors (Lipinski definition) is 1. The van der Waals surface area contributed by atoms with E-state index in [0.29, 0.717) is 38.2 Å². The molecule has 0 bridgehead atoms. The summed E-state index contributed by atoms with van der Waals surface area (Å²) in [5, 5.41) is 3.57. The van der Waals surface area contributed by atoms with E-state index >= 15 is 0 Å². The van der Waals surface area contributed by atoms with Crippen LogP contribution in [0.3, 0.4) is 0 Å². The predicted molar refractivity (Wildman–Crippen MR) is 114 cm³/mol. The summed E-state index contributed by atoms with van der Waals surface area (Å²) in [5.74, 6) is 0.621. The number of benzene rings is 2. The minimum absolute atomic E-state index is 0.215. The zero-order valence-corrected chi connectivity index (χ0v) is 17.5. The molecule has 154 valence electrons. The number of nitrogens with one attached hydrogen (secondary N) is 1. The van der Waals surface area contributed by atoms with Crippen molar-refractivity contribution in [3.63, 3.8) is 0 Å². The number of furan rings is 1. The van der Waals surface area contributed by atoms with Crippen molar-refractivity contribution in [3.8, 4) is 0 Å². The molecule has 1 amide bonds. The van der Waals surface area contributed by atoms with Crippen LogP contribution in [0.25, 0.3) is 11.0 Å². The molecule has 0 fully saturated rings. The van der Waals surface area contributed by atoms with Gasteiger partial charge in [-0.15, -0.1) is 0 Å². The molecule has 0 unspecified atom stereocenters. The van der Waals surface area contributed by atoms with Crippen molar-refractivity contribution in [2.75, 3.05) is 0 Å². The minimum atomic E-state index is -0.621. The van der Waals surface area contributed by atoms with Crippen molar-refractivity contribution in [1.29, 1.82) is 0 Å². The van der Waals surface area contributed by atoms with E-state index in [1.165, 1.54) is 6.07 Å². The number of imidazole rings is 1. The average Bonchev–Trinajstić information content (AvgIpc) is 3.35. The number of amides is 1. The molecule has 4 rings (SSSR count). The Hall–Kier alpha value is -2.83. The number of halogens is 3. The monoisotopic (exact) mass is 445 g/mol. The molecule has 1 atom stereocenters. The number of fused-ring (bicyclic) bond motifs is 1. The lowest BCUT2D eigenvalue weighted by Gasteiger charge is -2.17. The van der Waals surface area contributed by atoms with Gasteiger partial charge in [0.25, 0.3) is 0 Å². The molecule has 4 aromatic rings. The number of nitrogens with zero attached hydrogens (tertiary/aromatic N) is 2. The second kappa shape index (κ2) is 8.50. The molecule has 0 saturated carbocycles. The van der Waals surface area contributed by atoms with E-state index in [1.807, 2.05) is 0 Å². The van der Waals surface area contributed by atoms with Crippen LogP contribution in [0, 0.1) is 5.82 Å². The van der Waals surface area contributed by atoms with Crippen LogP contribution in [0.15, 0.2) is 59.2 Å². The molecule has 2 heterocycles. The standard InChI is InChI=1S/C22H18Cl2FN3O2/c1-13(22(29)26-12-15-6-4-8-30-15)28-20-11-17(24)16(23)10-19(20)27-21(28)9-14-5-2-3-7-18(14)25/h2-8,10-11,13H,9,12H2,1H3,(H,26,29)/t13-/m0/s1. The third kappa shape index (κ3) is 4.06. The van der Waals surface area contributed by atoms with Crippen LogP contribution >= 0.6 is 23.2 Å². The van der Waals surface area contributed by atoms with E-state index < -0.39 is 6.04 Å². The third-order valence-electron chi connectivity index (χ3n) is 4.89. The zero-order chi connectivity index (χ0) is 21.3. The maximum absolute atomic E-state index is 14.3. The van der Waals surface area contributed by atoms with Crippen LogP contribution in [0.4, 0.5) is 4.39 Å². The molecule has 0 aliphatic rings. The molecule has 0 saturated heterocycles. The lowest BCUT2D eigenvalue weighted by Crippen LogP contribution is -2.31. The lowest BCUT2D eigenvalue weighted by atomic mass is 10.1. The molecular weight excluding hydrogens is 428 g/mol. The van der Waals surface area contributed by atoms with Crippen molar-refractivity contribution in [3.05, 3.63) is 87.8 Å². The van der Waals surface area contributed by atoms with Gasteiger partial charge in [0.2, 0.25) is 5.91 Å². The minimum Gasteiger partial charge on any atom is -0.467 e. The van der Waals surface area contributed by atoms with E-state index in [0.717, 1.165) is 0 Å². The fraction of sp³-hybridized carbons (Fsp3) is 0.182. The van der Waals surface area contributed by atoms with Crippen LogP contribution in [-0.2, 0) is 17.8 Å². The van der Waals surface area contributed by atoms with Crippen LogP contribution in [-0.4, -0.2) is 15.5 Å². The van der Waals surface area contributed by atoms with Gasteiger partial charge < -0.3 is 14.3 Å². The summed E-state index contributed by atoms with van der Waals surface area (Å²) in [6.45, 7) is 2.02. The van der Waals surface area contributed by atoms with Crippen LogP contribution in [0.1, 0.15) is 30.1 Å². The van der Waals surface area contributed by atoms with E-state index in [1.54, 1.807) is 60.2 Å². The van der Waals surface area contributed by atoms with Gasteiger partial charge in [0.1, 0.15) is 23.4 Å². The maximum atomic E-state index is 14.3. The number of rotatable bonds is 6. The molecule has 2 aromatic carbocycles. The van der Waals surface area contributed by atoms with Crippen LogP contribution in [0.5, 0.6) is 0 Å². The van der Waals surface area contributed by atoms with Gasteiger partial charge >= 0.3 is 0 Å². The second-order valence-corrected chi connectivity index (χ2v) is 7.71. The Kier molecular flexibility index (Phi) is 5.79. The first-order valence-corrected chi connectivity index (χ1v) is 10.1. The van der Waals surface area contributed by atoms with Gasteiger partial charge in [0.05, 0.1) is 33.9 Å². The number of carbonyl (C=O) groups excluding carboxylic acids is 1. The van der Waals surface area contributed by atoms with Gasteiger partial charge in [0.15, 0.2) is 0 Å². The molecule has 0 radical (unpaired) electrons. The van der Waals surface area contributed by atoms with E-state index in [2.05, 4.69) is 10.3 Å². The summed E-state index contributed by atoms with van der Waals surface area (Å²) in [7, 11) is 0. The summed E-state index contributed by atoms with van der Waals surface area (Å²) in [5.41, 5.74) is 1.72. The molecule has 0 spiro atoms. The Labute approximate surface area is 182 Å². The zero-order valence-electron chi connectivity index (χ0n) is 16.0. The highest BCUT2D eigenvalue weighted by molar-refractivity contribution is 6.42. The molecule has 30 heavy (non-hydrogen) atoms. The summed E-state index contributed by atoms with van der Waals surface area (Å²) >= 11 is 12.4. The van der Waals surface area contributed by atoms with Gasteiger partial charge in [0, 0.05) is 6.42 Å². The Morgan fingerprint density at radius 2 is 1.97 bits per heavy atom. The molecule has 0 aliphatic heterocycles. The lowest BCUT2D eigenvalue weighted by molar-refractivity contribution is -0.124. The second-order valence-electron chi connectivity index (χ2n) is 6.89. The number of aromatic nitrogens is 2. The number of hydrogen-bond acceptors (Lipinski definition) is 3. The first-order chi connectivity index (χ1) is 14.4. The van der Waals surface area contributed by atoms with Crippen molar-refractivity contribution < 1.29 is 13.6 Å². The van der Waals surface area contributed by atoms with Crippen LogP contribution in [0.2, 0.25) is 10.0 Å². The molecule has 2 aromatic heterocycles. The predicted octanol–water partition coefficient (Wildman–Crippen LogP) is 5.54. The highest BCUT2D eigenvalue weighted by atomic mass is 35.5. The van der Waals surface area contributed by atoms with Gasteiger partial charge in [-0.05, 0) is 42.8 Å². The largest absolute Gasteiger partial charge is 0.467 e. The summed E-state index contributed by atoms with van der Waals surface area (Å²) in [6.07, 6.45) is 1.76. The SMILES string of the molecule is C[C@@H](C(=O)NCc1ccco1)n1c(Cc2ccccc2F)nc2cc(Cl)c(Cl)cc21. The van der Waals surface area contributed by atoms with E-state index in [-0.39, 0.29) is 24.7 Å². The average molecular weight is 446 g/mol. The Bertz CT molecular complexity index is 1200. The van der Waals surface area contributed by atoms with Crippen molar-refractivity contribution in [2.45, 2.75) is 25.9 Å². The van der Waals surface area contributed by atoms with Gasteiger partial charge in [-0.1, -0.05) is 41.4 Å². The molecule has 0 aliphatic carbocycles. The summed E-state index contributed by atoms with van der Waals surface area (Å²) in [4.78, 5) is 17.5. The fourth-order valence-electron chi connectivity index (χ4n) is 3.36. The van der Waals surface area contributed by atoms with Gasteiger partial charge in [-0.3, -0.25) is 4.79 Å². The molecule has 1 N–H and O–H groups in total. The van der Waals surface area contributed by atoms with Crippen molar-refractivity contribution in [1.82, 2.24) is 14.9 Å². The maximum Gasteiger partial charge on any atom is 0.243 e. The van der Waals surface area contributed by atoms with Crippen molar-refractivity contribution >= 4 is 40.1 Å². The molecular formula is C22H18Cl2FN3O2. The Balaban J connectivity index is 1.72. The number of carbonyl (C=O) groups is 1. The quantitative estimate of drug-likeness (QED) is 0.423. The van der Waals surface area contributed by atoms with Crippen molar-refractivity contribution in [2.24, 2.45) is 0 Å². The fourth-order valence-corrected chi connectivity index (χ4v) is 3.68. The normalized spacial score (nSPS) is 12.3. The Morgan fingerprint density at radius 1 is 1.20 bits per heavy atom. The Morgan fingerprint density at radius 3 is 2.70 bits per heavy atom. The molecule has 5 nitrogen and oxygen atoms in total. The third-order valence-corrected chi connectivity index (χ3v) is 5.62. The molecule has 8 heteroatoms. The highest BCUT2D eigenvalue weighted by Gasteiger charge is 2.23. The van der Waals surface area contributed by atoms with Gasteiger partial charge in [-0.25, -0.2) is 9.37 Å². The first kappa shape index (κ1) is 20.4.